The minimum atomic E-state index is -0.0513. The summed E-state index contributed by atoms with van der Waals surface area (Å²) >= 11 is 0. The van der Waals surface area contributed by atoms with Crippen molar-refractivity contribution in [1.82, 2.24) is 20.2 Å². The molecule has 22 heavy (non-hydrogen) atoms. The molecule has 1 aliphatic carbocycles. The van der Waals surface area contributed by atoms with Gasteiger partial charge in [-0.1, -0.05) is 12.8 Å². The van der Waals surface area contributed by atoms with Crippen molar-refractivity contribution >= 4 is 11.7 Å². The van der Waals surface area contributed by atoms with Gasteiger partial charge in [-0.25, -0.2) is 4.98 Å². The van der Waals surface area contributed by atoms with Crippen molar-refractivity contribution in [2.45, 2.75) is 44.7 Å². The van der Waals surface area contributed by atoms with Gasteiger partial charge in [-0.3, -0.25) is 14.7 Å². The smallest absolute Gasteiger partial charge is 0.237 e. The lowest BCUT2D eigenvalue weighted by molar-refractivity contribution is -0.126. The molecule has 1 aliphatic heterocycles. The summed E-state index contributed by atoms with van der Waals surface area (Å²) in [5.41, 5.74) is 0. The monoisotopic (exact) mass is 303 g/mol. The molecular formula is C16H25N5O. The summed E-state index contributed by atoms with van der Waals surface area (Å²) in [5.74, 6) is 1.10. The molecule has 3 rings (SSSR count). The number of anilines is 1. The Balaban J connectivity index is 1.49. The van der Waals surface area contributed by atoms with E-state index in [1.807, 2.05) is 6.92 Å². The molecule has 1 atom stereocenters. The Kier molecular flexibility index (Phi) is 4.87. The van der Waals surface area contributed by atoms with E-state index in [0.29, 0.717) is 6.04 Å². The Hall–Kier alpha value is -1.69. The Morgan fingerprint density at radius 3 is 2.59 bits per heavy atom. The highest BCUT2D eigenvalue weighted by Gasteiger charge is 2.27. The molecule has 120 valence electrons. The zero-order valence-electron chi connectivity index (χ0n) is 13.2. The predicted molar refractivity (Wildman–Crippen MR) is 85.7 cm³/mol. The summed E-state index contributed by atoms with van der Waals surface area (Å²) in [4.78, 5) is 25.3. The van der Waals surface area contributed by atoms with Gasteiger partial charge in [0.05, 0.1) is 12.2 Å². The number of hydrogen-bond acceptors (Lipinski definition) is 5. The molecule has 2 fully saturated rings. The minimum Gasteiger partial charge on any atom is -0.353 e. The molecule has 0 bridgehead atoms. The summed E-state index contributed by atoms with van der Waals surface area (Å²) in [6.45, 7) is 5.56. The average Bonchev–Trinajstić information content (AvgIpc) is 3.08. The minimum absolute atomic E-state index is 0.0513. The number of aromatic nitrogens is 2. The van der Waals surface area contributed by atoms with Crippen LogP contribution in [-0.2, 0) is 4.79 Å². The summed E-state index contributed by atoms with van der Waals surface area (Å²) in [7, 11) is 0. The third kappa shape index (κ3) is 3.55. The van der Waals surface area contributed by atoms with E-state index in [1.165, 1.54) is 12.8 Å². The van der Waals surface area contributed by atoms with E-state index in [2.05, 4.69) is 25.1 Å². The van der Waals surface area contributed by atoms with Crippen LogP contribution in [0, 0.1) is 0 Å². The van der Waals surface area contributed by atoms with Crippen LogP contribution in [0.2, 0.25) is 0 Å². The predicted octanol–water partition coefficient (Wildman–Crippen LogP) is 1.05. The van der Waals surface area contributed by atoms with Gasteiger partial charge in [0.15, 0.2) is 0 Å². The number of hydrogen-bond donors (Lipinski definition) is 1. The molecule has 0 aromatic carbocycles. The van der Waals surface area contributed by atoms with Gasteiger partial charge in [-0.15, -0.1) is 0 Å². The highest BCUT2D eigenvalue weighted by Crippen LogP contribution is 2.18. The fourth-order valence-electron chi connectivity index (χ4n) is 3.35. The summed E-state index contributed by atoms with van der Waals surface area (Å²) < 4.78 is 0. The van der Waals surface area contributed by atoms with Gasteiger partial charge in [0.25, 0.3) is 0 Å². The Morgan fingerprint density at radius 1 is 1.23 bits per heavy atom. The number of carbonyl (C=O) groups is 1. The average molecular weight is 303 g/mol. The molecule has 1 aromatic rings. The molecule has 6 heteroatoms. The van der Waals surface area contributed by atoms with Crippen LogP contribution < -0.4 is 10.2 Å². The van der Waals surface area contributed by atoms with Crippen LogP contribution in [0.15, 0.2) is 18.6 Å². The summed E-state index contributed by atoms with van der Waals surface area (Å²) in [6, 6.07) is 0.348. The van der Waals surface area contributed by atoms with Crippen LogP contribution in [0.3, 0.4) is 0 Å². The van der Waals surface area contributed by atoms with Gasteiger partial charge in [0, 0.05) is 44.6 Å². The topological polar surface area (TPSA) is 61.4 Å². The fraction of sp³-hybridized carbons (Fsp3) is 0.688. The largest absolute Gasteiger partial charge is 0.353 e. The summed E-state index contributed by atoms with van der Waals surface area (Å²) in [5, 5.41) is 3.20. The number of carbonyl (C=O) groups excluding carboxylic acids is 1. The van der Waals surface area contributed by atoms with E-state index in [0.717, 1.165) is 44.8 Å². The van der Waals surface area contributed by atoms with Crippen LogP contribution in [0.4, 0.5) is 5.82 Å². The number of nitrogens with one attached hydrogen (secondary N) is 1. The lowest BCUT2D eigenvalue weighted by Gasteiger charge is -2.38. The van der Waals surface area contributed by atoms with E-state index in [4.69, 9.17) is 0 Å². The number of amides is 1. The molecule has 1 saturated heterocycles. The maximum Gasteiger partial charge on any atom is 0.237 e. The fourth-order valence-corrected chi connectivity index (χ4v) is 3.35. The second-order valence-electron chi connectivity index (χ2n) is 6.25. The van der Waals surface area contributed by atoms with Gasteiger partial charge >= 0.3 is 0 Å². The van der Waals surface area contributed by atoms with Crippen molar-refractivity contribution in [2.24, 2.45) is 0 Å². The van der Waals surface area contributed by atoms with E-state index in [9.17, 15) is 4.79 Å². The highest BCUT2D eigenvalue weighted by atomic mass is 16.2. The van der Waals surface area contributed by atoms with Crippen molar-refractivity contribution < 1.29 is 4.79 Å². The zero-order chi connectivity index (χ0) is 15.4. The van der Waals surface area contributed by atoms with Crippen LogP contribution >= 0.6 is 0 Å². The second-order valence-corrected chi connectivity index (χ2v) is 6.25. The van der Waals surface area contributed by atoms with Crippen LogP contribution in [-0.4, -0.2) is 59.0 Å². The third-order valence-corrected chi connectivity index (χ3v) is 4.82. The van der Waals surface area contributed by atoms with E-state index >= 15 is 0 Å². The molecule has 1 N–H and O–H groups in total. The quantitative estimate of drug-likeness (QED) is 0.901. The molecule has 2 aliphatic rings. The maximum atomic E-state index is 12.4. The first-order chi connectivity index (χ1) is 10.7. The zero-order valence-corrected chi connectivity index (χ0v) is 13.2. The van der Waals surface area contributed by atoms with Gasteiger partial charge < -0.3 is 10.2 Å². The van der Waals surface area contributed by atoms with Crippen LogP contribution in [0.1, 0.15) is 32.6 Å². The van der Waals surface area contributed by atoms with Crippen molar-refractivity contribution in [1.29, 1.82) is 0 Å². The third-order valence-electron chi connectivity index (χ3n) is 4.82. The van der Waals surface area contributed by atoms with Gasteiger partial charge in [-0.2, -0.15) is 0 Å². The molecule has 6 nitrogen and oxygen atoms in total. The first-order valence-electron chi connectivity index (χ1n) is 8.29. The number of piperazine rings is 1. The molecule has 1 saturated carbocycles. The molecule has 0 spiro atoms. The van der Waals surface area contributed by atoms with Crippen molar-refractivity contribution in [3.63, 3.8) is 0 Å². The van der Waals surface area contributed by atoms with Crippen LogP contribution in [0.25, 0.3) is 0 Å². The van der Waals surface area contributed by atoms with Gasteiger partial charge in [0.1, 0.15) is 5.82 Å². The molecule has 2 heterocycles. The SMILES string of the molecule is C[C@H](C(=O)NC1CCCC1)N1CCN(c2cnccn2)CC1. The van der Waals surface area contributed by atoms with Crippen LogP contribution in [0.5, 0.6) is 0 Å². The normalized spacial score (nSPS) is 21.8. The second kappa shape index (κ2) is 7.05. The lowest BCUT2D eigenvalue weighted by Crippen LogP contribution is -2.55. The summed E-state index contributed by atoms with van der Waals surface area (Å²) in [6.07, 6.45) is 9.98. The number of nitrogens with zero attached hydrogens (tertiary/aromatic N) is 4. The van der Waals surface area contributed by atoms with E-state index < -0.39 is 0 Å². The standard InChI is InChI=1S/C16H25N5O/c1-13(16(22)19-14-4-2-3-5-14)20-8-10-21(11-9-20)15-12-17-6-7-18-15/h6-7,12-14H,2-5,8-11H2,1H3,(H,19,22)/t13-/m1/s1. The molecule has 1 aromatic heterocycles. The van der Waals surface area contributed by atoms with Gasteiger partial charge in [-0.05, 0) is 19.8 Å². The molecule has 1 amide bonds. The highest BCUT2D eigenvalue weighted by molar-refractivity contribution is 5.81. The van der Waals surface area contributed by atoms with Crippen molar-refractivity contribution in [3.8, 4) is 0 Å². The Morgan fingerprint density at radius 2 is 1.95 bits per heavy atom. The maximum absolute atomic E-state index is 12.4. The van der Waals surface area contributed by atoms with E-state index in [-0.39, 0.29) is 11.9 Å². The molecular weight excluding hydrogens is 278 g/mol. The number of rotatable bonds is 4. The molecule has 0 radical (unpaired) electrons. The van der Waals surface area contributed by atoms with Crippen molar-refractivity contribution in [2.75, 3.05) is 31.1 Å². The molecule has 0 unspecified atom stereocenters. The first kappa shape index (κ1) is 15.2. The Bertz CT molecular complexity index is 481. The first-order valence-corrected chi connectivity index (χ1v) is 8.29. The lowest BCUT2D eigenvalue weighted by atomic mass is 10.2. The van der Waals surface area contributed by atoms with Gasteiger partial charge in [0.2, 0.25) is 5.91 Å². The Labute approximate surface area is 131 Å². The van der Waals surface area contributed by atoms with Crippen molar-refractivity contribution in [3.05, 3.63) is 18.6 Å². The van der Waals surface area contributed by atoms with E-state index in [1.54, 1.807) is 18.6 Å².